The second kappa shape index (κ2) is 3.72. The fourth-order valence-electron chi connectivity index (χ4n) is 1.10. The predicted molar refractivity (Wildman–Crippen MR) is 55.0 cm³/mol. The Hall–Kier alpha value is -1.48. The van der Waals surface area contributed by atoms with Crippen molar-refractivity contribution in [1.82, 2.24) is 15.0 Å². The van der Waals surface area contributed by atoms with Crippen LogP contribution in [0.15, 0.2) is 30.7 Å². The quantitative estimate of drug-likeness (QED) is 0.718. The lowest BCUT2D eigenvalue weighted by Crippen LogP contribution is -1.87. The molecule has 0 radical (unpaired) electrons. The molecule has 2 aromatic rings. The molecule has 3 nitrogen and oxygen atoms in total. The highest BCUT2D eigenvalue weighted by atomic mass is 35.5. The first-order valence-electron chi connectivity index (χ1n) is 4.16. The summed E-state index contributed by atoms with van der Waals surface area (Å²) < 4.78 is 0. The standard InChI is InChI=1S/C10H8ClN3/c1-7-2-3-8(4-13-7)9-5-12-6-10(11)14-9/h2-6H,1H3. The normalized spacial score (nSPS) is 10.1. The maximum absolute atomic E-state index is 5.73. The van der Waals surface area contributed by atoms with Crippen LogP contribution in [0.4, 0.5) is 0 Å². The van der Waals surface area contributed by atoms with E-state index >= 15 is 0 Å². The zero-order valence-corrected chi connectivity index (χ0v) is 8.36. The van der Waals surface area contributed by atoms with Gasteiger partial charge in [0.05, 0.1) is 18.1 Å². The summed E-state index contributed by atoms with van der Waals surface area (Å²) in [6, 6.07) is 3.88. The summed E-state index contributed by atoms with van der Waals surface area (Å²) in [5, 5.41) is 0.392. The van der Waals surface area contributed by atoms with Gasteiger partial charge in [-0.15, -0.1) is 0 Å². The van der Waals surface area contributed by atoms with E-state index in [9.17, 15) is 0 Å². The van der Waals surface area contributed by atoms with Crippen LogP contribution in [0.1, 0.15) is 5.69 Å². The van der Waals surface area contributed by atoms with Gasteiger partial charge < -0.3 is 0 Å². The Labute approximate surface area is 86.8 Å². The number of rotatable bonds is 1. The Morgan fingerprint density at radius 3 is 2.64 bits per heavy atom. The fraction of sp³-hybridized carbons (Fsp3) is 0.100. The van der Waals surface area contributed by atoms with Crippen molar-refractivity contribution in [3.05, 3.63) is 41.6 Å². The lowest BCUT2D eigenvalue weighted by molar-refractivity contribution is 1.17. The van der Waals surface area contributed by atoms with E-state index in [1.54, 1.807) is 12.4 Å². The number of aromatic nitrogens is 3. The number of hydrogen-bond acceptors (Lipinski definition) is 3. The largest absolute Gasteiger partial charge is 0.261 e. The summed E-state index contributed by atoms with van der Waals surface area (Å²) in [5.41, 5.74) is 2.64. The van der Waals surface area contributed by atoms with Crippen molar-refractivity contribution >= 4 is 11.6 Å². The van der Waals surface area contributed by atoms with Gasteiger partial charge in [0, 0.05) is 17.5 Å². The Kier molecular flexibility index (Phi) is 2.41. The van der Waals surface area contributed by atoms with E-state index in [0.29, 0.717) is 5.15 Å². The van der Waals surface area contributed by atoms with Gasteiger partial charge in [-0.1, -0.05) is 11.6 Å². The van der Waals surface area contributed by atoms with E-state index in [2.05, 4.69) is 15.0 Å². The van der Waals surface area contributed by atoms with Crippen molar-refractivity contribution in [3.8, 4) is 11.3 Å². The van der Waals surface area contributed by atoms with Crippen LogP contribution in [0.3, 0.4) is 0 Å². The van der Waals surface area contributed by atoms with E-state index in [1.807, 2.05) is 19.1 Å². The monoisotopic (exact) mass is 205 g/mol. The van der Waals surface area contributed by atoms with Crippen molar-refractivity contribution in [3.63, 3.8) is 0 Å². The van der Waals surface area contributed by atoms with Crippen LogP contribution in [-0.2, 0) is 0 Å². The average molecular weight is 206 g/mol. The topological polar surface area (TPSA) is 38.7 Å². The molecule has 0 aliphatic rings. The SMILES string of the molecule is Cc1ccc(-c2cncc(Cl)n2)cn1. The first kappa shape index (κ1) is 9.09. The Balaban J connectivity index is 2.44. The molecule has 0 amide bonds. The molecule has 0 spiro atoms. The maximum atomic E-state index is 5.73. The number of nitrogens with zero attached hydrogens (tertiary/aromatic N) is 3. The molecule has 0 fully saturated rings. The van der Waals surface area contributed by atoms with Gasteiger partial charge in [0.15, 0.2) is 0 Å². The highest BCUT2D eigenvalue weighted by Gasteiger charge is 2.00. The summed E-state index contributed by atoms with van der Waals surface area (Å²) in [7, 11) is 0. The molecule has 0 bridgehead atoms. The second-order valence-electron chi connectivity index (χ2n) is 2.92. The molecule has 0 saturated carbocycles. The second-order valence-corrected chi connectivity index (χ2v) is 3.30. The third-order valence-corrected chi connectivity index (χ3v) is 1.99. The molecule has 14 heavy (non-hydrogen) atoms. The van der Waals surface area contributed by atoms with Crippen molar-refractivity contribution in [1.29, 1.82) is 0 Å². The van der Waals surface area contributed by atoms with Gasteiger partial charge in [-0.2, -0.15) is 0 Å². The summed E-state index contributed by atoms with van der Waals surface area (Å²) in [6.45, 7) is 1.94. The maximum Gasteiger partial charge on any atom is 0.148 e. The lowest BCUT2D eigenvalue weighted by Gasteiger charge is -1.99. The third-order valence-electron chi connectivity index (χ3n) is 1.81. The van der Waals surface area contributed by atoms with Gasteiger partial charge in [0.25, 0.3) is 0 Å². The van der Waals surface area contributed by atoms with Gasteiger partial charge in [0.1, 0.15) is 5.15 Å². The summed E-state index contributed by atoms with van der Waals surface area (Å²) in [4.78, 5) is 12.3. The zero-order valence-electron chi connectivity index (χ0n) is 7.61. The molecule has 0 aromatic carbocycles. The molecular weight excluding hydrogens is 198 g/mol. The van der Waals surface area contributed by atoms with Gasteiger partial charge in [-0.05, 0) is 19.1 Å². The fourth-order valence-corrected chi connectivity index (χ4v) is 1.25. The van der Waals surface area contributed by atoms with E-state index in [4.69, 9.17) is 11.6 Å². The van der Waals surface area contributed by atoms with Crippen molar-refractivity contribution < 1.29 is 0 Å². The number of halogens is 1. The minimum Gasteiger partial charge on any atom is -0.261 e. The first-order valence-corrected chi connectivity index (χ1v) is 4.54. The van der Waals surface area contributed by atoms with Crippen LogP contribution < -0.4 is 0 Å². The van der Waals surface area contributed by atoms with Gasteiger partial charge in [0.2, 0.25) is 0 Å². The van der Waals surface area contributed by atoms with Gasteiger partial charge in [-0.3, -0.25) is 9.97 Å². The van der Waals surface area contributed by atoms with Crippen LogP contribution in [-0.4, -0.2) is 15.0 Å². The number of pyridine rings is 1. The Morgan fingerprint density at radius 1 is 1.14 bits per heavy atom. The van der Waals surface area contributed by atoms with Crippen molar-refractivity contribution in [2.45, 2.75) is 6.92 Å². The average Bonchev–Trinajstić information content (AvgIpc) is 2.19. The molecule has 70 valence electrons. The highest BCUT2D eigenvalue weighted by molar-refractivity contribution is 6.29. The molecular formula is C10H8ClN3. The van der Waals surface area contributed by atoms with Crippen molar-refractivity contribution in [2.24, 2.45) is 0 Å². The molecule has 2 rings (SSSR count). The highest BCUT2D eigenvalue weighted by Crippen LogP contribution is 2.16. The predicted octanol–water partition coefficient (Wildman–Crippen LogP) is 2.50. The number of hydrogen-bond donors (Lipinski definition) is 0. The zero-order chi connectivity index (χ0) is 9.97. The van der Waals surface area contributed by atoms with Crippen LogP contribution in [0.2, 0.25) is 5.15 Å². The van der Waals surface area contributed by atoms with E-state index in [1.165, 1.54) is 6.20 Å². The molecule has 0 aliphatic heterocycles. The molecule has 0 aliphatic carbocycles. The molecule has 0 saturated heterocycles. The molecule has 2 heterocycles. The van der Waals surface area contributed by atoms with E-state index in [-0.39, 0.29) is 0 Å². The van der Waals surface area contributed by atoms with E-state index in [0.717, 1.165) is 17.0 Å². The molecule has 2 aromatic heterocycles. The van der Waals surface area contributed by atoms with Crippen LogP contribution in [0, 0.1) is 6.92 Å². The smallest absolute Gasteiger partial charge is 0.148 e. The first-order chi connectivity index (χ1) is 6.75. The minimum atomic E-state index is 0.392. The van der Waals surface area contributed by atoms with Gasteiger partial charge in [-0.25, -0.2) is 4.98 Å². The third kappa shape index (κ3) is 1.88. The molecule has 4 heteroatoms. The lowest BCUT2D eigenvalue weighted by atomic mass is 10.2. The Bertz CT molecular complexity index is 439. The minimum absolute atomic E-state index is 0.392. The summed E-state index contributed by atoms with van der Waals surface area (Å²) in [5.74, 6) is 0. The Morgan fingerprint density at radius 2 is 2.00 bits per heavy atom. The van der Waals surface area contributed by atoms with Crippen LogP contribution in [0.5, 0.6) is 0 Å². The van der Waals surface area contributed by atoms with Crippen LogP contribution in [0.25, 0.3) is 11.3 Å². The van der Waals surface area contributed by atoms with E-state index < -0.39 is 0 Å². The number of aryl methyl sites for hydroxylation is 1. The van der Waals surface area contributed by atoms with Crippen molar-refractivity contribution in [2.75, 3.05) is 0 Å². The summed E-state index contributed by atoms with van der Waals surface area (Å²) >= 11 is 5.73. The summed E-state index contributed by atoms with van der Waals surface area (Å²) in [6.07, 6.45) is 4.93. The molecule has 0 unspecified atom stereocenters. The van der Waals surface area contributed by atoms with Crippen LogP contribution >= 0.6 is 11.6 Å². The molecule has 0 N–H and O–H groups in total. The van der Waals surface area contributed by atoms with Gasteiger partial charge >= 0.3 is 0 Å². The molecule has 0 atom stereocenters.